The molecule has 1 saturated heterocycles. The van der Waals surface area contributed by atoms with Gasteiger partial charge in [0.25, 0.3) is 0 Å². The normalized spacial score (nSPS) is 20.4. The van der Waals surface area contributed by atoms with Crippen LogP contribution in [0, 0.1) is 0 Å². The molecule has 1 atom stereocenters. The number of nitrogen functional groups attached to an aromatic ring is 1. The van der Waals surface area contributed by atoms with Crippen LogP contribution in [0.5, 0.6) is 0 Å². The topological polar surface area (TPSA) is 96.5 Å². The third kappa shape index (κ3) is 2.49. The first-order valence-electron chi connectivity index (χ1n) is 5.20. The third-order valence-electron chi connectivity index (χ3n) is 2.62. The smallest absolute Gasteiger partial charge is 0.159 e. The van der Waals surface area contributed by atoms with Crippen molar-refractivity contribution in [1.29, 1.82) is 0 Å². The molecule has 1 aliphatic rings. The molecule has 1 aromatic rings. The van der Waals surface area contributed by atoms with Gasteiger partial charge in [-0.15, -0.1) is 0 Å². The van der Waals surface area contributed by atoms with Gasteiger partial charge in [0.05, 0.1) is 25.9 Å². The van der Waals surface area contributed by atoms with Gasteiger partial charge in [-0.05, 0) is 15.9 Å². The first-order valence-corrected chi connectivity index (χ1v) is 5.99. The van der Waals surface area contributed by atoms with Gasteiger partial charge in [0.2, 0.25) is 0 Å². The van der Waals surface area contributed by atoms with Crippen molar-refractivity contribution in [2.75, 3.05) is 36.7 Å². The Bertz CT molecular complexity index is 392. The predicted octanol–water partition coefficient (Wildman–Crippen LogP) is -0.278. The fraction of sp³-hybridized carbons (Fsp3) is 0.556. The summed E-state index contributed by atoms with van der Waals surface area (Å²) < 4.78 is 6.00. The van der Waals surface area contributed by atoms with E-state index >= 15 is 0 Å². The predicted molar refractivity (Wildman–Crippen MR) is 66.6 cm³/mol. The highest BCUT2D eigenvalue weighted by molar-refractivity contribution is 9.10. The van der Waals surface area contributed by atoms with Crippen molar-refractivity contribution in [3.63, 3.8) is 0 Å². The van der Waals surface area contributed by atoms with E-state index in [0.29, 0.717) is 35.9 Å². The Morgan fingerprint density at radius 3 is 3.18 bits per heavy atom. The van der Waals surface area contributed by atoms with Crippen LogP contribution in [0.4, 0.5) is 11.6 Å². The van der Waals surface area contributed by atoms with Gasteiger partial charge in [0.15, 0.2) is 5.82 Å². The van der Waals surface area contributed by atoms with E-state index in [4.69, 9.17) is 10.6 Å². The largest absolute Gasteiger partial charge is 0.394 e. The third-order valence-corrected chi connectivity index (χ3v) is 3.35. The zero-order chi connectivity index (χ0) is 12.3. The molecule has 0 spiro atoms. The molecule has 1 fully saturated rings. The molecule has 7 nitrogen and oxygen atoms in total. The molecule has 94 valence electrons. The quantitative estimate of drug-likeness (QED) is 0.522. The van der Waals surface area contributed by atoms with E-state index in [2.05, 4.69) is 31.3 Å². The zero-order valence-electron chi connectivity index (χ0n) is 9.14. The lowest BCUT2D eigenvalue weighted by molar-refractivity contribution is 0.0722. The summed E-state index contributed by atoms with van der Waals surface area (Å²) >= 11 is 3.40. The summed E-state index contributed by atoms with van der Waals surface area (Å²) in [7, 11) is 0. The molecule has 2 rings (SSSR count). The van der Waals surface area contributed by atoms with Crippen LogP contribution in [0.2, 0.25) is 0 Å². The molecule has 17 heavy (non-hydrogen) atoms. The average Bonchev–Trinajstić information content (AvgIpc) is 2.39. The molecule has 0 aliphatic carbocycles. The number of nitrogens with zero attached hydrogens (tertiary/aromatic N) is 3. The van der Waals surface area contributed by atoms with Crippen molar-refractivity contribution >= 4 is 27.6 Å². The highest BCUT2D eigenvalue weighted by atomic mass is 79.9. The van der Waals surface area contributed by atoms with E-state index in [1.54, 1.807) is 0 Å². The first-order chi connectivity index (χ1) is 8.27. The SMILES string of the molecule is NNc1ncnc(N2CCOCC2CO)c1Br. The molecule has 0 amide bonds. The summed E-state index contributed by atoms with van der Waals surface area (Å²) in [4.78, 5) is 10.2. The second-order valence-electron chi connectivity index (χ2n) is 3.61. The molecule has 1 unspecified atom stereocenters. The van der Waals surface area contributed by atoms with Crippen molar-refractivity contribution in [2.45, 2.75) is 6.04 Å². The molecular weight excluding hydrogens is 290 g/mol. The van der Waals surface area contributed by atoms with Crippen LogP contribution in [-0.2, 0) is 4.74 Å². The Morgan fingerprint density at radius 1 is 1.65 bits per heavy atom. The lowest BCUT2D eigenvalue weighted by Crippen LogP contribution is -2.48. The van der Waals surface area contributed by atoms with Gasteiger partial charge in [-0.25, -0.2) is 15.8 Å². The number of ether oxygens (including phenoxy) is 1. The maximum Gasteiger partial charge on any atom is 0.159 e. The number of aromatic nitrogens is 2. The van der Waals surface area contributed by atoms with Crippen molar-refractivity contribution in [2.24, 2.45) is 5.84 Å². The molecule has 8 heteroatoms. The maximum absolute atomic E-state index is 9.32. The molecule has 4 N–H and O–H groups in total. The maximum atomic E-state index is 9.32. The minimum absolute atomic E-state index is 0.0157. The Balaban J connectivity index is 2.31. The number of hydrogen-bond donors (Lipinski definition) is 3. The minimum Gasteiger partial charge on any atom is -0.394 e. The Hall–Kier alpha value is -0.960. The lowest BCUT2D eigenvalue weighted by atomic mass is 10.2. The van der Waals surface area contributed by atoms with Gasteiger partial charge in [-0.2, -0.15) is 0 Å². The number of nitrogens with two attached hydrogens (primary N) is 1. The van der Waals surface area contributed by atoms with E-state index in [9.17, 15) is 5.11 Å². The molecule has 0 aromatic carbocycles. The van der Waals surface area contributed by atoms with Crippen molar-refractivity contribution in [3.05, 3.63) is 10.8 Å². The monoisotopic (exact) mass is 303 g/mol. The fourth-order valence-electron chi connectivity index (χ4n) is 1.75. The molecule has 0 saturated carbocycles. The Kier molecular flexibility index (Phi) is 4.11. The van der Waals surface area contributed by atoms with Gasteiger partial charge < -0.3 is 20.2 Å². The van der Waals surface area contributed by atoms with Gasteiger partial charge in [0.1, 0.15) is 16.6 Å². The number of morpholine rings is 1. The van der Waals surface area contributed by atoms with Crippen molar-refractivity contribution in [1.82, 2.24) is 9.97 Å². The van der Waals surface area contributed by atoms with Crippen LogP contribution in [-0.4, -0.2) is 47.5 Å². The van der Waals surface area contributed by atoms with Crippen LogP contribution in [0.25, 0.3) is 0 Å². The summed E-state index contributed by atoms with van der Waals surface area (Å²) in [6, 6.07) is -0.0967. The number of aliphatic hydroxyl groups is 1. The molecule has 0 radical (unpaired) electrons. The standard InChI is InChI=1S/C9H14BrN5O2/c10-7-8(14-11)12-5-13-9(7)15-1-2-17-4-6(15)3-16/h5-6,16H,1-4,11H2,(H,12,13,14). The number of hydrogen-bond acceptors (Lipinski definition) is 7. The molecule has 2 heterocycles. The highest BCUT2D eigenvalue weighted by Gasteiger charge is 2.26. The number of nitrogens with one attached hydrogen (secondary N) is 1. The van der Waals surface area contributed by atoms with E-state index < -0.39 is 0 Å². The van der Waals surface area contributed by atoms with Gasteiger partial charge in [-0.1, -0.05) is 0 Å². The van der Waals surface area contributed by atoms with Gasteiger partial charge in [0, 0.05) is 6.54 Å². The average molecular weight is 304 g/mol. The summed E-state index contributed by atoms with van der Waals surface area (Å²) in [5.74, 6) is 6.57. The molecule has 1 aromatic heterocycles. The van der Waals surface area contributed by atoms with E-state index in [1.807, 2.05) is 4.90 Å². The fourth-order valence-corrected chi connectivity index (χ4v) is 2.29. The Morgan fingerprint density at radius 2 is 2.47 bits per heavy atom. The second kappa shape index (κ2) is 5.58. The number of halogens is 1. The van der Waals surface area contributed by atoms with Crippen LogP contribution in [0.1, 0.15) is 0 Å². The summed E-state index contributed by atoms with van der Waals surface area (Å²) in [6.07, 6.45) is 1.43. The first kappa shape index (κ1) is 12.5. The van der Waals surface area contributed by atoms with Crippen molar-refractivity contribution in [3.8, 4) is 0 Å². The molecular formula is C9H14BrN5O2. The number of anilines is 2. The van der Waals surface area contributed by atoms with E-state index in [1.165, 1.54) is 6.33 Å². The number of hydrazine groups is 1. The van der Waals surface area contributed by atoms with Crippen LogP contribution < -0.4 is 16.2 Å². The van der Waals surface area contributed by atoms with Gasteiger partial charge >= 0.3 is 0 Å². The summed E-state index contributed by atoms with van der Waals surface area (Å²) in [5.41, 5.74) is 2.49. The van der Waals surface area contributed by atoms with Crippen LogP contribution >= 0.6 is 15.9 Å². The molecule has 1 aliphatic heterocycles. The van der Waals surface area contributed by atoms with Crippen LogP contribution in [0.3, 0.4) is 0 Å². The van der Waals surface area contributed by atoms with Gasteiger partial charge in [-0.3, -0.25) is 0 Å². The Labute approximate surface area is 107 Å². The molecule has 0 bridgehead atoms. The summed E-state index contributed by atoms with van der Waals surface area (Å²) in [5, 5.41) is 9.32. The number of rotatable bonds is 3. The van der Waals surface area contributed by atoms with E-state index in [0.717, 1.165) is 0 Å². The zero-order valence-corrected chi connectivity index (χ0v) is 10.7. The van der Waals surface area contributed by atoms with Crippen molar-refractivity contribution < 1.29 is 9.84 Å². The summed E-state index contributed by atoms with van der Waals surface area (Å²) in [6.45, 7) is 1.78. The lowest BCUT2D eigenvalue weighted by Gasteiger charge is -2.35. The highest BCUT2D eigenvalue weighted by Crippen LogP contribution is 2.30. The minimum atomic E-state index is -0.0967. The number of aliphatic hydroxyl groups excluding tert-OH is 1. The van der Waals surface area contributed by atoms with Crippen LogP contribution in [0.15, 0.2) is 10.8 Å². The van der Waals surface area contributed by atoms with E-state index in [-0.39, 0.29) is 12.6 Å². The second-order valence-corrected chi connectivity index (χ2v) is 4.40.